The zero-order valence-electron chi connectivity index (χ0n) is 19.7. The Labute approximate surface area is 189 Å². The van der Waals surface area contributed by atoms with Crippen molar-refractivity contribution < 1.29 is 25.2 Å². The number of allylic oxidation sites excluding steroid dienone is 2. The summed E-state index contributed by atoms with van der Waals surface area (Å²) in [6.07, 6.45) is 19.5. The van der Waals surface area contributed by atoms with Gasteiger partial charge in [-0.2, -0.15) is 0 Å². The van der Waals surface area contributed by atoms with Crippen LogP contribution >= 0.6 is 0 Å². The van der Waals surface area contributed by atoms with E-state index in [1.165, 1.54) is 89.9 Å². The van der Waals surface area contributed by atoms with E-state index in [0.29, 0.717) is 0 Å². The van der Waals surface area contributed by atoms with Gasteiger partial charge in [0.25, 0.3) is 0 Å². The van der Waals surface area contributed by atoms with E-state index in [1.807, 2.05) is 0 Å². The van der Waals surface area contributed by atoms with E-state index >= 15 is 0 Å². The van der Waals surface area contributed by atoms with Crippen LogP contribution in [0.3, 0.4) is 0 Å². The second kappa shape index (κ2) is 25.4. The molecule has 0 radical (unpaired) electrons. The lowest BCUT2D eigenvalue weighted by Crippen LogP contribution is -2.49. The van der Waals surface area contributed by atoms with Crippen LogP contribution in [0.25, 0.3) is 0 Å². The van der Waals surface area contributed by atoms with Crippen molar-refractivity contribution in [3.63, 3.8) is 0 Å². The quantitative estimate of drug-likeness (QED) is 0.0955. The number of carbonyl (C=O) groups excluding carboxylic acids is 1. The van der Waals surface area contributed by atoms with Crippen LogP contribution in [0.5, 0.6) is 0 Å². The van der Waals surface area contributed by atoms with E-state index in [9.17, 15) is 4.79 Å². The van der Waals surface area contributed by atoms with Crippen LogP contribution < -0.4 is 11.5 Å². The molecule has 186 valence electrons. The molecule has 7 heteroatoms. The van der Waals surface area contributed by atoms with E-state index in [-0.39, 0.29) is 6.29 Å². The van der Waals surface area contributed by atoms with Gasteiger partial charge < -0.3 is 36.7 Å². The van der Waals surface area contributed by atoms with Gasteiger partial charge in [-0.25, -0.2) is 0 Å². The van der Waals surface area contributed by atoms with Crippen molar-refractivity contribution in [2.75, 3.05) is 13.2 Å². The maximum atomic E-state index is 10.0. The SMILES string of the molecule is CCCCCCCCC=CCCCCCCCCN.N[C@@H](C=O)[C@@H](O)[C@H](O)[C@H](O)CO. The van der Waals surface area contributed by atoms with Gasteiger partial charge in [0.2, 0.25) is 0 Å². The minimum Gasteiger partial charge on any atom is -0.394 e. The summed E-state index contributed by atoms with van der Waals surface area (Å²) in [5.74, 6) is 0. The third-order valence-electron chi connectivity index (χ3n) is 5.20. The molecule has 7 nitrogen and oxygen atoms in total. The van der Waals surface area contributed by atoms with Crippen molar-refractivity contribution in [1.82, 2.24) is 0 Å². The molecule has 4 atom stereocenters. The first-order valence-corrected chi connectivity index (χ1v) is 12.2. The van der Waals surface area contributed by atoms with E-state index in [0.717, 1.165) is 6.54 Å². The van der Waals surface area contributed by atoms with Gasteiger partial charge in [-0.1, -0.05) is 76.9 Å². The summed E-state index contributed by atoms with van der Waals surface area (Å²) < 4.78 is 0. The molecule has 0 aliphatic carbocycles. The van der Waals surface area contributed by atoms with E-state index in [1.54, 1.807) is 0 Å². The number of aliphatic hydroxyl groups is 4. The van der Waals surface area contributed by atoms with Crippen LogP contribution in [-0.4, -0.2) is 64.2 Å². The number of hydrogen-bond acceptors (Lipinski definition) is 7. The molecule has 0 fully saturated rings. The Hall–Kier alpha value is -0.830. The first-order chi connectivity index (χ1) is 15.0. The molecule has 0 saturated carbocycles. The number of unbranched alkanes of at least 4 members (excludes halogenated alkanes) is 12. The highest BCUT2D eigenvalue weighted by Gasteiger charge is 2.28. The highest BCUT2D eigenvalue weighted by Crippen LogP contribution is 2.09. The largest absolute Gasteiger partial charge is 0.394 e. The summed E-state index contributed by atoms with van der Waals surface area (Å²) in [5.41, 5.74) is 10.5. The molecule has 0 saturated heterocycles. The Morgan fingerprint density at radius 1 is 0.742 bits per heavy atom. The molecule has 0 spiro atoms. The first kappa shape index (κ1) is 32.4. The van der Waals surface area contributed by atoms with Crippen molar-refractivity contribution in [1.29, 1.82) is 0 Å². The summed E-state index contributed by atoms with van der Waals surface area (Å²) in [7, 11) is 0. The van der Waals surface area contributed by atoms with Gasteiger partial charge in [0.05, 0.1) is 12.6 Å². The molecule has 0 aromatic carbocycles. The van der Waals surface area contributed by atoms with Crippen LogP contribution in [0, 0.1) is 0 Å². The van der Waals surface area contributed by atoms with Crippen molar-refractivity contribution in [3.05, 3.63) is 12.2 Å². The average molecular weight is 447 g/mol. The van der Waals surface area contributed by atoms with Gasteiger partial charge in [0.1, 0.15) is 24.6 Å². The Morgan fingerprint density at radius 3 is 1.61 bits per heavy atom. The third kappa shape index (κ3) is 22.2. The second-order valence-electron chi connectivity index (χ2n) is 8.17. The number of aldehydes is 1. The van der Waals surface area contributed by atoms with Crippen LogP contribution in [0.4, 0.5) is 0 Å². The van der Waals surface area contributed by atoms with Gasteiger partial charge in [0, 0.05) is 0 Å². The number of nitrogens with two attached hydrogens (primary N) is 2. The molecule has 31 heavy (non-hydrogen) atoms. The van der Waals surface area contributed by atoms with Crippen molar-refractivity contribution >= 4 is 6.29 Å². The molecule has 0 unspecified atom stereocenters. The van der Waals surface area contributed by atoms with Crippen molar-refractivity contribution in [2.45, 2.75) is 121 Å². The summed E-state index contributed by atoms with van der Waals surface area (Å²) in [5, 5.41) is 35.2. The molecule has 0 heterocycles. The van der Waals surface area contributed by atoms with Crippen LogP contribution in [-0.2, 0) is 4.79 Å². The highest BCUT2D eigenvalue weighted by molar-refractivity contribution is 5.58. The van der Waals surface area contributed by atoms with E-state index < -0.39 is 31.0 Å². The van der Waals surface area contributed by atoms with Gasteiger partial charge in [-0.05, 0) is 38.6 Å². The van der Waals surface area contributed by atoms with Crippen LogP contribution in [0.15, 0.2) is 12.2 Å². The number of carbonyl (C=O) groups is 1. The minimum atomic E-state index is -1.62. The van der Waals surface area contributed by atoms with Gasteiger partial charge in [0.15, 0.2) is 0 Å². The van der Waals surface area contributed by atoms with E-state index in [4.69, 9.17) is 31.9 Å². The minimum absolute atomic E-state index is 0.248. The number of aliphatic hydroxyl groups excluding tert-OH is 4. The third-order valence-corrected chi connectivity index (χ3v) is 5.20. The summed E-state index contributed by atoms with van der Waals surface area (Å²) in [4.78, 5) is 10.0. The molecule has 0 aliphatic rings. The molecular formula is C24H50N2O5. The molecule has 0 bridgehead atoms. The van der Waals surface area contributed by atoms with Crippen LogP contribution in [0.2, 0.25) is 0 Å². The van der Waals surface area contributed by atoms with Gasteiger partial charge in [-0.15, -0.1) is 0 Å². The Morgan fingerprint density at radius 2 is 1.19 bits per heavy atom. The summed E-state index contributed by atoms with van der Waals surface area (Å²) >= 11 is 0. The molecule has 0 aliphatic heterocycles. The lowest BCUT2D eigenvalue weighted by molar-refractivity contribution is -0.118. The molecule has 0 amide bonds. The van der Waals surface area contributed by atoms with Crippen molar-refractivity contribution in [2.24, 2.45) is 11.5 Å². The monoisotopic (exact) mass is 446 g/mol. The number of hydrogen-bond donors (Lipinski definition) is 6. The topological polar surface area (TPSA) is 150 Å². The molecular weight excluding hydrogens is 396 g/mol. The first-order valence-electron chi connectivity index (χ1n) is 12.2. The molecule has 0 aromatic rings. The molecule has 8 N–H and O–H groups in total. The molecule has 0 aromatic heterocycles. The van der Waals surface area contributed by atoms with Crippen LogP contribution in [0.1, 0.15) is 96.8 Å². The lowest BCUT2D eigenvalue weighted by Gasteiger charge is -2.23. The predicted molar refractivity (Wildman–Crippen MR) is 128 cm³/mol. The maximum absolute atomic E-state index is 10.0. The van der Waals surface area contributed by atoms with Crippen molar-refractivity contribution in [3.8, 4) is 0 Å². The van der Waals surface area contributed by atoms with Gasteiger partial charge >= 0.3 is 0 Å². The summed E-state index contributed by atoms with van der Waals surface area (Å²) in [6, 6.07) is -1.26. The fourth-order valence-corrected chi connectivity index (χ4v) is 3.04. The maximum Gasteiger partial charge on any atom is 0.139 e. The Bertz CT molecular complexity index is 396. The Balaban J connectivity index is 0. The summed E-state index contributed by atoms with van der Waals surface area (Å²) in [6.45, 7) is 2.44. The number of rotatable bonds is 20. The Kier molecular flexibility index (Phi) is 26.5. The van der Waals surface area contributed by atoms with Gasteiger partial charge in [-0.3, -0.25) is 0 Å². The fraction of sp³-hybridized carbons (Fsp3) is 0.875. The highest BCUT2D eigenvalue weighted by atomic mass is 16.4. The lowest BCUT2D eigenvalue weighted by atomic mass is 10.0. The molecule has 0 rings (SSSR count). The predicted octanol–water partition coefficient (Wildman–Crippen LogP) is 2.57. The fourth-order valence-electron chi connectivity index (χ4n) is 3.04. The standard InChI is InChI=1S/C18H37N.C6H13NO5/c1-2-3-4-5-6-7-8-9-10-11-12-13-14-15-16-17-18-19;7-3(1-8)5(11)6(12)4(10)2-9/h9-10H,2-8,11-19H2,1H3;1,3-6,9-12H,2,7H2/t;3-,4+,5+,6+/m.0/s1. The average Bonchev–Trinajstić information content (AvgIpc) is 2.79. The zero-order valence-corrected chi connectivity index (χ0v) is 19.7. The zero-order chi connectivity index (χ0) is 23.7. The van der Waals surface area contributed by atoms with E-state index in [2.05, 4.69) is 19.1 Å². The smallest absolute Gasteiger partial charge is 0.139 e. The second-order valence-corrected chi connectivity index (χ2v) is 8.17. The normalized spacial score (nSPS) is 15.2.